The second-order valence-electron chi connectivity index (χ2n) is 3.50. The van der Waals surface area contributed by atoms with Crippen LogP contribution in [0.3, 0.4) is 0 Å². The maximum absolute atomic E-state index is 13.4. The Morgan fingerprint density at radius 3 is 2.38 bits per heavy atom. The number of hydrogen-bond acceptors (Lipinski definition) is 1. The van der Waals surface area contributed by atoms with E-state index in [0.29, 0.717) is 11.1 Å². The number of H-pyrrole nitrogens is 1. The van der Waals surface area contributed by atoms with Crippen LogP contribution in [0.1, 0.15) is 5.56 Å². The second-order valence-corrected chi connectivity index (χ2v) is 3.50. The molecule has 0 spiro atoms. The molecular weight excluding hydrogens is 212 g/mol. The SMILES string of the molecule is Cc1cc(-c2c(F)cccc2F)c[nH]c1=O. The Morgan fingerprint density at radius 2 is 1.81 bits per heavy atom. The molecule has 0 radical (unpaired) electrons. The quantitative estimate of drug-likeness (QED) is 0.788. The van der Waals surface area contributed by atoms with Gasteiger partial charge in [0.15, 0.2) is 0 Å². The van der Waals surface area contributed by atoms with Gasteiger partial charge in [-0.1, -0.05) is 6.07 Å². The smallest absolute Gasteiger partial charge is 0.250 e. The molecule has 0 saturated carbocycles. The summed E-state index contributed by atoms with van der Waals surface area (Å²) in [5, 5.41) is 0. The molecule has 1 aromatic carbocycles. The van der Waals surface area contributed by atoms with Crippen molar-refractivity contribution in [1.82, 2.24) is 4.98 Å². The van der Waals surface area contributed by atoms with Crippen LogP contribution >= 0.6 is 0 Å². The van der Waals surface area contributed by atoms with E-state index in [1.165, 1.54) is 30.5 Å². The van der Waals surface area contributed by atoms with Gasteiger partial charge in [-0.2, -0.15) is 0 Å². The number of aromatic nitrogens is 1. The number of pyridine rings is 1. The van der Waals surface area contributed by atoms with Crippen LogP contribution in [-0.2, 0) is 0 Å². The topological polar surface area (TPSA) is 32.9 Å². The predicted molar refractivity (Wildman–Crippen MR) is 57.2 cm³/mol. The average Bonchev–Trinajstić information content (AvgIpc) is 2.23. The van der Waals surface area contributed by atoms with E-state index in [-0.39, 0.29) is 11.1 Å². The van der Waals surface area contributed by atoms with Crippen LogP contribution in [0.5, 0.6) is 0 Å². The van der Waals surface area contributed by atoms with E-state index in [2.05, 4.69) is 4.98 Å². The van der Waals surface area contributed by atoms with E-state index < -0.39 is 11.6 Å². The Balaban J connectivity index is 2.68. The second kappa shape index (κ2) is 3.89. The zero-order valence-electron chi connectivity index (χ0n) is 8.55. The van der Waals surface area contributed by atoms with Crippen molar-refractivity contribution in [2.24, 2.45) is 0 Å². The molecule has 0 fully saturated rings. The molecule has 0 bridgehead atoms. The normalized spacial score (nSPS) is 10.4. The molecule has 82 valence electrons. The van der Waals surface area contributed by atoms with Crippen LogP contribution in [0.4, 0.5) is 8.78 Å². The summed E-state index contributed by atoms with van der Waals surface area (Å²) in [7, 11) is 0. The van der Waals surface area contributed by atoms with E-state index >= 15 is 0 Å². The van der Waals surface area contributed by atoms with E-state index in [4.69, 9.17) is 0 Å². The van der Waals surface area contributed by atoms with E-state index in [1.54, 1.807) is 6.92 Å². The van der Waals surface area contributed by atoms with Gasteiger partial charge in [-0.3, -0.25) is 4.79 Å². The lowest BCUT2D eigenvalue weighted by molar-refractivity contribution is 0.589. The third-order valence-corrected chi connectivity index (χ3v) is 2.34. The number of hydrogen-bond donors (Lipinski definition) is 1. The van der Waals surface area contributed by atoms with Gasteiger partial charge < -0.3 is 4.98 Å². The molecule has 2 aromatic rings. The van der Waals surface area contributed by atoms with Gasteiger partial charge in [0.2, 0.25) is 0 Å². The molecule has 1 heterocycles. The van der Waals surface area contributed by atoms with Gasteiger partial charge in [-0.15, -0.1) is 0 Å². The summed E-state index contributed by atoms with van der Waals surface area (Å²) in [6.45, 7) is 1.58. The molecule has 1 N–H and O–H groups in total. The molecule has 2 rings (SSSR count). The molecule has 2 nitrogen and oxygen atoms in total. The molecule has 16 heavy (non-hydrogen) atoms. The first-order valence-corrected chi connectivity index (χ1v) is 4.73. The van der Waals surface area contributed by atoms with Gasteiger partial charge in [0, 0.05) is 17.3 Å². The minimum Gasteiger partial charge on any atom is -0.328 e. The molecule has 0 aliphatic heterocycles. The molecule has 0 saturated heterocycles. The average molecular weight is 221 g/mol. The predicted octanol–water partition coefficient (Wildman–Crippen LogP) is 2.63. The number of rotatable bonds is 1. The Bertz CT molecular complexity index is 570. The van der Waals surface area contributed by atoms with Gasteiger partial charge in [-0.25, -0.2) is 8.78 Å². The van der Waals surface area contributed by atoms with Crippen LogP contribution in [0.25, 0.3) is 11.1 Å². The Hall–Kier alpha value is -1.97. The number of benzene rings is 1. The summed E-state index contributed by atoms with van der Waals surface area (Å²) in [6, 6.07) is 5.12. The lowest BCUT2D eigenvalue weighted by atomic mass is 10.1. The van der Waals surface area contributed by atoms with Crippen molar-refractivity contribution >= 4 is 0 Å². The highest BCUT2D eigenvalue weighted by molar-refractivity contribution is 5.64. The van der Waals surface area contributed by atoms with Gasteiger partial charge in [0.05, 0.1) is 5.56 Å². The maximum Gasteiger partial charge on any atom is 0.250 e. The van der Waals surface area contributed by atoms with Crippen molar-refractivity contribution in [1.29, 1.82) is 0 Å². The van der Waals surface area contributed by atoms with Crippen LogP contribution in [0, 0.1) is 18.6 Å². The molecular formula is C12H9F2NO. The van der Waals surface area contributed by atoms with Crippen molar-refractivity contribution in [2.75, 3.05) is 0 Å². The number of nitrogens with one attached hydrogen (secondary N) is 1. The van der Waals surface area contributed by atoms with Gasteiger partial charge >= 0.3 is 0 Å². The highest BCUT2D eigenvalue weighted by Gasteiger charge is 2.11. The van der Waals surface area contributed by atoms with Crippen LogP contribution in [0.15, 0.2) is 35.3 Å². The lowest BCUT2D eigenvalue weighted by Crippen LogP contribution is -2.08. The molecule has 4 heteroatoms. The summed E-state index contributed by atoms with van der Waals surface area (Å²) >= 11 is 0. The fraction of sp³-hybridized carbons (Fsp3) is 0.0833. The number of aryl methyl sites for hydroxylation is 1. The monoisotopic (exact) mass is 221 g/mol. The zero-order chi connectivity index (χ0) is 11.7. The number of aromatic amines is 1. The highest BCUT2D eigenvalue weighted by Crippen LogP contribution is 2.24. The van der Waals surface area contributed by atoms with Crippen molar-refractivity contribution in [3.8, 4) is 11.1 Å². The Morgan fingerprint density at radius 1 is 1.19 bits per heavy atom. The maximum atomic E-state index is 13.4. The summed E-state index contributed by atoms with van der Waals surface area (Å²) in [6.07, 6.45) is 1.30. The van der Waals surface area contributed by atoms with Gasteiger partial charge in [-0.05, 0) is 25.1 Å². The standard InChI is InChI=1S/C12H9F2NO/c1-7-5-8(6-15-12(7)16)11-9(13)3-2-4-10(11)14/h2-6H,1H3,(H,15,16). The Kier molecular flexibility index (Phi) is 2.56. The third-order valence-electron chi connectivity index (χ3n) is 2.34. The van der Waals surface area contributed by atoms with E-state index in [0.717, 1.165) is 0 Å². The first-order valence-electron chi connectivity index (χ1n) is 4.73. The van der Waals surface area contributed by atoms with Crippen LogP contribution < -0.4 is 5.56 Å². The van der Waals surface area contributed by atoms with Crippen LogP contribution in [-0.4, -0.2) is 4.98 Å². The minimum atomic E-state index is -0.647. The fourth-order valence-electron chi connectivity index (χ4n) is 1.52. The first-order chi connectivity index (χ1) is 7.59. The summed E-state index contributed by atoms with van der Waals surface area (Å²) < 4.78 is 26.9. The number of halogens is 2. The van der Waals surface area contributed by atoms with Crippen molar-refractivity contribution in [3.63, 3.8) is 0 Å². The molecule has 0 amide bonds. The summed E-state index contributed by atoms with van der Waals surface area (Å²) in [4.78, 5) is 13.6. The first kappa shape index (κ1) is 10.5. The van der Waals surface area contributed by atoms with Gasteiger partial charge in [0.1, 0.15) is 11.6 Å². The van der Waals surface area contributed by atoms with Gasteiger partial charge in [0.25, 0.3) is 5.56 Å². The molecule has 0 aliphatic carbocycles. The van der Waals surface area contributed by atoms with Crippen LogP contribution in [0.2, 0.25) is 0 Å². The van der Waals surface area contributed by atoms with Crippen molar-refractivity contribution in [3.05, 3.63) is 58.0 Å². The highest BCUT2D eigenvalue weighted by atomic mass is 19.1. The molecule has 0 unspecified atom stereocenters. The van der Waals surface area contributed by atoms with E-state index in [1.807, 2.05) is 0 Å². The van der Waals surface area contributed by atoms with E-state index in [9.17, 15) is 13.6 Å². The lowest BCUT2D eigenvalue weighted by Gasteiger charge is -2.05. The molecule has 1 aromatic heterocycles. The zero-order valence-corrected chi connectivity index (χ0v) is 8.55. The molecule has 0 aliphatic rings. The van der Waals surface area contributed by atoms with Crippen molar-refractivity contribution < 1.29 is 8.78 Å². The summed E-state index contributed by atoms with van der Waals surface area (Å²) in [5.41, 5.74) is 0.357. The minimum absolute atomic E-state index is 0.123. The molecule has 0 atom stereocenters. The fourth-order valence-corrected chi connectivity index (χ4v) is 1.52. The summed E-state index contributed by atoms with van der Waals surface area (Å²) in [5.74, 6) is -1.29. The third kappa shape index (κ3) is 1.74. The largest absolute Gasteiger partial charge is 0.328 e. The Labute approximate surface area is 90.6 Å². The van der Waals surface area contributed by atoms with Crippen molar-refractivity contribution in [2.45, 2.75) is 6.92 Å².